The van der Waals surface area contributed by atoms with Crippen molar-refractivity contribution >= 4 is 28.3 Å². The standard InChI is InChI=1S/C26H30N4O2/c1-32-22-10-8-21(9-11-22)29-16-12-20(13-17-29)27-26(31)23-18-19-6-2-3-7-24(19)28-25(23)30-14-4-5-15-30/h2-3,6-11,18,20H,4-5,12-17H2,1H3,(H,27,31). The Labute approximate surface area is 189 Å². The van der Waals surface area contributed by atoms with Crippen molar-refractivity contribution in [2.45, 2.75) is 31.7 Å². The van der Waals surface area contributed by atoms with E-state index in [4.69, 9.17) is 9.72 Å². The number of hydrogen-bond donors (Lipinski definition) is 1. The van der Waals surface area contributed by atoms with Crippen molar-refractivity contribution in [1.29, 1.82) is 0 Å². The Morgan fingerprint density at radius 1 is 0.969 bits per heavy atom. The first-order chi connectivity index (χ1) is 15.7. The number of carbonyl (C=O) groups is 1. The molecule has 0 radical (unpaired) electrons. The summed E-state index contributed by atoms with van der Waals surface area (Å²) in [5, 5.41) is 4.31. The molecular formula is C26H30N4O2. The SMILES string of the molecule is COc1ccc(N2CCC(NC(=O)c3cc4ccccc4nc3N3CCCC3)CC2)cc1. The van der Waals surface area contributed by atoms with Gasteiger partial charge in [-0.3, -0.25) is 4.79 Å². The molecule has 3 aromatic rings. The molecule has 0 spiro atoms. The largest absolute Gasteiger partial charge is 0.497 e. The summed E-state index contributed by atoms with van der Waals surface area (Å²) in [4.78, 5) is 22.9. The van der Waals surface area contributed by atoms with Gasteiger partial charge in [0.25, 0.3) is 5.91 Å². The first-order valence-electron chi connectivity index (χ1n) is 11.6. The molecule has 2 aliphatic heterocycles. The molecule has 2 saturated heterocycles. The van der Waals surface area contributed by atoms with Crippen LogP contribution in [0, 0.1) is 0 Å². The van der Waals surface area contributed by atoms with Gasteiger partial charge in [-0.15, -0.1) is 0 Å². The van der Waals surface area contributed by atoms with Crippen LogP contribution in [0.15, 0.2) is 54.6 Å². The minimum Gasteiger partial charge on any atom is -0.497 e. The van der Waals surface area contributed by atoms with Crippen molar-refractivity contribution in [3.63, 3.8) is 0 Å². The number of ether oxygens (including phenoxy) is 1. The molecule has 2 fully saturated rings. The van der Waals surface area contributed by atoms with Crippen molar-refractivity contribution in [2.75, 3.05) is 43.1 Å². The lowest BCUT2D eigenvalue weighted by atomic mass is 10.0. The van der Waals surface area contributed by atoms with Crippen LogP contribution in [0.4, 0.5) is 11.5 Å². The highest BCUT2D eigenvalue weighted by Gasteiger charge is 2.25. The van der Waals surface area contributed by atoms with E-state index in [1.54, 1.807) is 7.11 Å². The van der Waals surface area contributed by atoms with E-state index in [1.165, 1.54) is 5.69 Å². The van der Waals surface area contributed by atoms with Crippen LogP contribution in [-0.2, 0) is 0 Å². The summed E-state index contributed by atoms with van der Waals surface area (Å²) in [7, 11) is 1.68. The lowest BCUT2D eigenvalue weighted by Gasteiger charge is -2.34. The van der Waals surface area contributed by atoms with Gasteiger partial charge < -0.3 is 19.9 Å². The third-order valence-electron chi connectivity index (χ3n) is 6.62. The van der Waals surface area contributed by atoms with Gasteiger partial charge in [0.15, 0.2) is 0 Å². The molecule has 1 amide bonds. The predicted octanol–water partition coefficient (Wildman–Crippen LogP) is 4.24. The Bertz CT molecular complexity index is 1080. The normalized spacial score (nSPS) is 17.0. The van der Waals surface area contributed by atoms with E-state index in [2.05, 4.69) is 27.2 Å². The molecule has 6 nitrogen and oxygen atoms in total. The third-order valence-corrected chi connectivity index (χ3v) is 6.62. The predicted molar refractivity (Wildman–Crippen MR) is 129 cm³/mol. The van der Waals surface area contributed by atoms with E-state index in [-0.39, 0.29) is 11.9 Å². The van der Waals surface area contributed by atoms with E-state index >= 15 is 0 Å². The zero-order chi connectivity index (χ0) is 21.9. The van der Waals surface area contributed by atoms with Crippen molar-refractivity contribution in [1.82, 2.24) is 10.3 Å². The molecule has 0 atom stereocenters. The van der Waals surface area contributed by atoms with Gasteiger partial charge in [0.05, 0.1) is 18.2 Å². The summed E-state index contributed by atoms with van der Waals surface area (Å²) in [5.74, 6) is 1.69. The first kappa shape index (κ1) is 20.6. The second kappa shape index (κ2) is 9.07. The molecule has 1 aromatic heterocycles. The Morgan fingerprint density at radius 2 is 1.69 bits per heavy atom. The number of para-hydroxylation sites is 1. The molecule has 2 aliphatic rings. The topological polar surface area (TPSA) is 57.7 Å². The maximum absolute atomic E-state index is 13.4. The maximum atomic E-state index is 13.4. The van der Waals surface area contributed by atoms with Crippen LogP contribution in [0.1, 0.15) is 36.0 Å². The van der Waals surface area contributed by atoms with Crippen molar-refractivity contribution in [2.24, 2.45) is 0 Å². The van der Waals surface area contributed by atoms with Gasteiger partial charge in [0.1, 0.15) is 11.6 Å². The van der Waals surface area contributed by atoms with Crippen LogP contribution in [0.5, 0.6) is 5.75 Å². The van der Waals surface area contributed by atoms with Crippen molar-refractivity contribution in [3.05, 3.63) is 60.2 Å². The smallest absolute Gasteiger partial charge is 0.255 e. The molecule has 32 heavy (non-hydrogen) atoms. The Hall–Kier alpha value is -3.28. The van der Waals surface area contributed by atoms with Crippen LogP contribution in [-0.4, -0.2) is 50.2 Å². The van der Waals surface area contributed by atoms with E-state index < -0.39 is 0 Å². The summed E-state index contributed by atoms with van der Waals surface area (Å²) in [5.41, 5.74) is 2.84. The van der Waals surface area contributed by atoms with Crippen LogP contribution in [0.25, 0.3) is 10.9 Å². The van der Waals surface area contributed by atoms with E-state index in [0.29, 0.717) is 5.56 Å². The number of piperidine rings is 1. The number of aromatic nitrogens is 1. The number of nitrogens with zero attached hydrogens (tertiary/aromatic N) is 3. The molecule has 0 bridgehead atoms. The Morgan fingerprint density at radius 3 is 2.41 bits per heavy atom. The van der Waals surface area contributed by atoms with Gasteiger partial charge in [0.2, 0.25) is 0 Å². The van der Waals surface area contributed by atoms with Gasteiger partial charge in [-0.2, -0.15) is 0 Å². The van der Waals surface area contributed by atoms with Gasteiger partial charge in [-0.05, 0) is 62.1 Å². The average Bonchev–Trinajstić information content (AvgIpc) is 3.39. The van der Waals surface area contributed by atoms with Gasteiger partial charge in [-0.25, -0.2) is 4.98 Å². The number of carbonyl (C=O) groups excluding carboxylic acids is 1. The number of nitrogens with one attached hydrogen (secondary N) is 1. The summed E-state index contributed by atoms with van der Waals surface area (Å²) in [6.07, 6.45) is 4.16. The minimum atomic E-state index is -0.00643. The highest BCUT2D eigenvalue weighted by atomic mass is 16.5. The zero-order valence-electron chi connectivity index (χ0n) is 18.6. The molecule has 6 heteroatoms. The first-order valence-corrected chi connectivity index (χ1v) is 11.6. The number of pyridine rings is 1. The van der Waals surface area contributed by atoms with Crippen LogP contribution in [0.2, 0.25) is 0 Å². The number of anilines is 2. The van der Waals surface area contributed by atoms with Gasteiger partial charge in [0, 0.05) is 43.3 Å². The highest BCUT2D eigenvalue weighted by Crippen LogP contribution is 2.28. The van der Waals surface area contributed by atoms with E-state index in [1.807, 2.05) is 42.5 Å². The molecule has 1 N–H and O–H groups in total. The second-order valence-electron chi connectivity index (χ2n) is 8.68. The van der Waals surface area contributed by atoms with Crippen LogP contribution >= 0.6 is 0 Å². The highest BCUT2D eigenvalue weighted by molar-refractivity contribution is 6.02. The van der Waals surface area contributed by atoms with Gasteiger partial charge >= 0.3 is 0 Å². The molecule has 0 saturated carbocycles. The number of benzene rings is 2. The third kappa shape index (κ3) is 4.22. The summed E-state index contributed by atoms with van der Waals surface area (Å²) in [6, 6.07) is 18.4. The monoisotopic (exact) mass is 430 g/mol. The number of rotatable bonds is 5. The fourth-order valence-electron chi connectivity index (χ4n) is 4.78. The van der Waals surface area contributed by atoms with Crippen LogP contribution < -0.4 is 19.9 Å². The summed E-state index contributed by atoms with van der Waals surface area (Å²) >= 11 is 0. The lowest BCUT2D eigenvalue weighted by Crippen LogP contribution is -2.45. The second-order valence-corrected chi connectivity index (χ2v) is 8.68. The van der Waals surface area contributed by atoms with Crippen molar-refractivity contribution < 1.29 is 9.53 Å². The quantitative estimate of drug-likeness (QED) is 0.656. The van der Waals surface area contributed by atoms with Crippen LogP contribution in [0.3, 0.4) is 0 Å². The van der Waals surface area contributed by atoms with Gasteiger partial charge in [-0.1, -0.05) is 18.2 Å². The Kier molecular flexibility index (Phi) is 5.84. The van der Waals surface area contributed by atoms with E-state index in [0.717, 1.165) is 74.3 Å². The van der Waals surface area contributed by atoms with Crippen molar-refractivity contribution in [3.8, 4) is 5.75 Å². The molecule has 5 rings (SSSR count). The molecule has 166 valence electrons. The minimum absolute atomic E-state index is 0.00643. The molecule has 3 heterocycles. The fraction of sp³-hybridized carbons (Fsp3) is 0.385. The summed E-state index contributed by atoms with van der Waals surface area (Å²) < 4.78 is 5.26. The number of amides is 1. The Balaban J connectivity index is 1.29. The average molecular weight is 431 g/mol. The lowest BCUT2D eigenvalue weighted by molar-refractivity contribution is 0.0931. The summed E-state index contributed by atoms with van der Waals surface area (Å²) in [6.45, 7) is 3.77. The number of hydrogen-bond acceptors (Lipinski definition) is 5. The number of fused-ring (bicyclic) bond motifs is 1. The maximum Gasteiger partial charge on any atom is 0.255 e. The fourth-order valence-corrected chi connectivity index (χ4v) is 4.78. The molecule has 2 aromatic carbocycles. The zero-order valence-corrected chi connectivity index (χ0v) is 18.6. The number of methoxy groups -OCH3 is 1. The molecular weight excluding hydrogens is 400 g/mol. The molecule has 0 unspecified atom stereocenters. The molecule has 0 aliphatic carbocycles. The van der Waals surface area contributed by atoms with E-state index in [9.17, 15) is 4.79 Å².